The van der Waals surface area contributed by atoms with E-state index in [9.17, 15) is 19.5 Å². The first-order valence-electron chi connectivity index (χ1n) is 8.62. The summed E-state index contributed by atoms with van der Waals surface area (Å²) in [5.41, 5.74) is 0.348. The Morgan fingerprint density at radius 2 is 1.96 bits per heavy atom. The summed E-state index contributed by atoms with van der Waals surface area (Å²) in [5, 5.41) is 12.6. The molecule has 1 heterocycles. The van der Waals surface area contributed by atoms with E-state index in [2.05, 4.69) is 10.3 Å². The molecule has 0 bridgehead atoms. The van der Waals surface area contributed by atoms with Gasteiger partial charge in [-0.15, -0.1) is 0 Å². The van der Waals surface area contributed by atoms with Crippen molar-refractivity contribution in [2.24, 2.45) is 17.3 Å². The summed E-state index contributed by atoms with van der Waals surface area (Å²) in [7, 11) is 1.52. The van der Waals surface area contributed by atoms with Gasteiger partial charge in [0.15, 0.2) is 0 Å². The minimum Gasteiger partial charge on any atom is -0.497 e. The Morgan fingerprint density at radius 1 is 1.26 bits per heavy atom. The molecule has 2 atom stereocenters. The highest BCUT2D eigenvalue weighted by atomic mass is 16.5. The lowest BCUT2D eigenvalue weighted by Crippen LogP contribution is -2.19. The summed E-state index contributed by atoms with van der Waals surface area (Å²) in [6.45, 7) is 5.34. The van der Waals surface area contributed by atoms with Crippen molar-refractivity contribution in [3.05, 3.63) is 23.9 Å². The zero-order chi connectivity index (χ0) is 19.9. The fourth-order valence-corrected chi connectivity index (χ4v) is 3.57. The zero-order valence-corrected chi connectivity index (χ0v) is 15.6. The lowest BCUT2D eigenvalue weighted by Gasteiger charge is -2.08. The molecule has 144 valence electrons. The average Bonchev–Trinajstić information content (AvgIpc) is 3.03. The van der Waals surface area contributed by atoms with Gasteiger partial charge >= 0.3 is 11.9 Å². The van der Waals surface area contributed by atoms with Crippen LogP contribution in [-0.2, 0) is 14.3 Å². The topological polar surface area (TPSA) is 118 Å². The Kier molecular flexibility index (Phi) is 4.59. The monoisotopic (exact) mass is 374 g/mol. The molecule has 3 rings (SSSR count). The molecule has 2 unspecified atom stereocenters. The second kappa shape index (κ2) is 6.61. The highest BCUT2D eigenvalue weighted by Crippen LogP contribution is 2.58. The first-order chi connectivity index (χ1) is 12.7. The van der Waals surface area contributed by atoms with Crippen LogP contribution in [0.25, 0.3) is 10.9 Å². The summed E-state index contributed by atoms with van der Waals surface area (Å²) in [6, 6.07) is 5.15. The van der Waals surface area contributed by atoms with E-state index in [0.29, 0.717) is 16.7 Å². The predicted octanol–water partition coefficient (Wildman–Crippen LogP) is 2.65. The van der Waals surface area contributed by atoms with Crippen molar-refractivity contribution < 1.29 is 29.0 Å². The molecule has 3 N–H and O–H groups in total. The van der Waals surface area contributed by atoms with Gasteiger partial charge < -0.3 is 24.9 Å². The van der Waals surface area contributed by atoms with E-state index in [1.807, 2.05) is 0 Å². The van der Waals surface area contributed by atoms with Crippen LogP contribution in [0.2, 0.25) is 0 Å². The molecular formula is C19H22N2O6. The van der Waals surface area contributed by atoms with Crippen LogP contribution < -0.4 is 10.1 Å². The summed E-state index contributed by atoms with van der Waals surface area (Å²) < 4.78 is 10.3. The third-order valence-electron chi connectivity index (χ3n) is 5.11. The lowest BCUT2D eigenvalue weighted by atomic mass is 10.1. The number of carboxylic acid groups (broad SMARTS) is 1. The normalized spacial score (nSPS) is 20.1. The Labute approximate surface area is 155 Å². The number of methoxy groups -OCH3 is 1. The summed E-state index contributed by atoms with van der Waals surface area (Å²) in [6.07, 6.45) is 0. The number of fused-ring (bicyclic) bond motifs is 1. The smallest absolute Gasteiger partial charge is 0.356 e. The van der Waals surface area contributed by atoms with E-state index in [0.717, 1.165) is 0 Å². The molecule has 1 aromatic heterocycles. The van der Waals surface area contributed by atoms with Crippen molar-refractivity contribution >= 4 is 34.4 Å². The number of aromatic amines is 1. The number of H-pyrrole nitrogens is 1. The van der Waals surface area contributed by atoms with Crippen molar-refractivity contribution in [1.82, 2.24) is 4.98 Å². The van der Waals surface area contributed by atoms with Gasteiger partial charge in [-0.3, -0.25) is 9.59 Å². The molecule has 0 spiro atoms. The number of carbonyl (C=O) groups excluding carboxylic acids is 2. The molecule has 0 aliphatic heterocycles. The second-order valence-electron chi connectivity index (χ2n) is 7.11. The van der Waals surface area contributed by atoms with Crippen molar-refractivity contribution in [3.8, 4) is 5.75 Å². The maximum Gasteiger partial charge on any atom is 0.356 e. The van der Waals surface area contributed by atoms with Crippen LogP contribution in [-0.4, -0.2) is 41.7 Å². The molecule has 8 nitrogen and oxygen atoms in total. The van der Waals surface area contributed by atoms with E-state index in [1.165, 1.54) is 7.11 Å². The van der Waals surface area contributed by atoms with Crippen LogP contribution in [0.15, 0.2) is 18.2 Å². The van der Waals surface area contributed by atoms with Gasteiger partial charge in [0.1, 0.15) is 11.4 Å². The van der Waals surface area contributed by atoms with Gasteiger partial charge in [0.25, 0.3) is 0 Å². The minimum absolute atomic E-state index is 0.110. The molecule has 0 saturated heterocycles. The van der Waals surface area contributed by atoms with Gasteiger partial charge in [0.05, 0.1) is 31.2 Å². The first-order valence-corrected chi connectivity index (χ1v) is 8.62. The number of ether oxygens (including phenoxy) is 2. The Balaban J connectivity index is 2.01. The Hall–Kier alpha value is -3.03. The van der Waals surface area contributed by atoms with E-state index in [-0.39, 0.29) is 18.0 Å². The molecule has 0 radical (unpaired) electrons. The van der Waals surface area contributed by atoms with Crippen LogP contribution in [0.3, 0.4) is 0 Å². The van der Waals surface area contributed by atoms with Gasteiger partial charge in [0, 0.05) is 10.9 Å². The Morgan fingerprint density at radius 3 is 2.52 bits per heavy atom. The highest BCUT2D eigenvalue weighted by Gasteiger charge is 2.66. The second-order valence-corrected chi connectivity index (χ2v) is 7.11. The average molecular weight is 374 g/mol. The number of nitrogens with one attached hydrogen (secondary N) is 2. The number of aromatic nitrogens is 1. The van der Waals surface area contributed by atoms with E-state index in [4.69, 9.17) is 9.47 Å². The van der Waals surface area contributed by atoms with Gasteiger partial charge in [-0.2, -0.15) is 0 Å². The molecule has 27 heavy (non-hydrogen) atoms. The van der Waals surface area contributed by atoms with Crippen molar-refractivity contribution in [2.75, 3.05) is 19.0 Å². The zero-order valence-electron chi connectivity index (χ0n) is 15.6. The van der Waals surface area contributed by atoms with E-state index >= 15 is 0 Å². The molecule has 8 heteroatoms. The summed E-state index contributed by atoms with van der Waals surface area (Å²) in [5.74, 6) is -2.94. The molecule has 1 aliphatic rings. The standard InChI is InChI=1S/C19H22N2O6/c1-5-27-18(25)15-14(10-8-9(26-4)6-7-11(10)20-15)21-16(22)12-13(17(23)24)19(12,2)3/h6-8,12-13,20H,5H2,1-4H3,(H,21,22)(H,23,24). The van der Waals surface area contributed by atoms with Crippen molar-refractivity contribution in [2.45, 2.75) is 20.8 Å². The fraction of sp³-hybridized carbons (Fsp3) is 0.421. The predicted molar refractivity (Wildman–Crippen MR) is 97.8 cm³/mol. The van der Waals surface area contributed by atoms with Crippen LogP contribution in [0.1, 0.15) is 31.3 Å². The van der Waals surface area contributed by atoms with Gasteiger partial charge in [-0.05, 0) is 30.5 Å². The number of benzene rings is 1. The molecule has 1 fully saturated rings. The number of esters is 1. The Bertz CT molecular complexity index is 930. The van der Waals surface area contributed by atoms with Crippen LogP contribution in [0, 0.1) is 17.3 Å². The number of carboxylic acids is 1. The van der Waals surface area contributed by atoms with Crippen molar-refractivity contribution in [3.63, 3.8) is 0 Å². The largest absolute Gasteiger partial charge is 0.497 e. The fourth-order valence-electron chi connectivity index (χ4n) is 3.57. The molecule has 1 aliphatic carbocycles. The number of aliphatic carboxylic acids is 1. The number of anilines is 1. The number of carbonyl (C=O) groups is 3. The summed E-state index contributed by atoms with van der Waals surface area (Å²) in [4.78, 5) is 39.4. The molecule has 1 aromatic carbocycles. The number of hydrogen-bond donors (Lipinski definition) is 3. The van der Waals surface area contributed by atoms with Crippen molar-refractivity contribution in [1.29, 1.82) is 0 Å². The quantitative estimate of drug-likeness (QED) is 0.669. The maximum absolute atomic E-state index is 12.8. The van der Waals surface area contributed by atoms with E-state index < -0.39 is 35.1 Å². The third kappa shape index (κ3) is 3.11. The number of hydrogen-bond acceptors (Lipinski definition) is 5. The molecule has 1 amide bonds. The van der Waals surface area contributed by atoms with Gasteiger partial charge in [-0.25, -0.2) is 4.79 Å². The molecule has 1 saturated carbocycles. The highest BCUT2D eigenvalue weighted by molar-refractivity contribution is 6.12. The SMILES string of the molecule is CCOC(=O)c1[nH]c2ccc(OC)cc2c1NC(=O)C1C(C(=O)O)C1(C)C. The summed E-state index contributed by atoms with van der Waals surface area (Å²) >= 11 is 0. The number of rotatable bonds is 6. The van der Waals surface area contributed by atoms with Crippen LogP contribution in [0.4, 0.5) is 5.69 Å². The minimum atomic E-state index is -1.01. The van der Waals surface area contributed by atoms with Crippen LogP contribution >= 0.6 is 0 Å². The maximum atomic E-state index is 12.8. The molecule has 2 aromatic rings. The first kappa shape index (κ1) is 18.8. The number of amides is 1. The van der Waals surface area contributed by atoms with Gasteiger partial charge in [-0.1, -0.05) is 13.8 Å². The third-order valence-corrected chi connectivity index (χ3v) is 5.11. The van der Waals surface area contributed by atoms with E-state index in [1.54, 1.807) is 39.0 Å². The molecular weight excluding hydrogens is 352 g/mol. The lowest BCUT2D eigenvalue weighted by molar-refractivity contribution is -0.140. The van der Waals surface area contributed by atoms with Gasteiger partial charge in [0.2, 0.25) is 5.91 Å². The van der Waals surface area contributed by atoms with Crippen LogP contribution in [0.5, 0.6) is 5.75 Å².